The number of aromatic hydroxyl groups is 1. The molecule has 274 valence electrons. The molecular formula is C36H43N3O12. The average Bonchev–Trinajstić information content (AvgIpc) is 3.50. The van der Waals surface area contributed by atoms with Gasteiger partial charge in [-0.05, 0) is 24.6 Å². The SMILES string of the molecule is COc1cccc2c1C(=O)c1cc3c(c(O)c1C2=O)C[C@@](O)(/C(CO)=N/NC(=O)C(C)C)C[C@@H]3O[C@H]1C[C@H]2[C@H](O[C@@H]3[C@@H](OC)OCCN32)[C@H](C)O1. The number of aliphatic hydroxyl groups excluding tert-OH is 1. The minimum absolute atomic E-state index is 0.0310. The van der Waals surface area contributed by atoms with Gasteiger partial charge in [0.05, 0.1) is 49.4 Å². The van der Waals surface area contributed by atoms with Gasteiger partial charge in [0.25, 0.3) is 0 Å². The summed E-state index contributed by atoms with van der Waals surface area (Å²) >= 11 is 0. The second-order valence-corrected chi connectivity index (χ2v) is 13.9. The first-order chi connectivity index (χ1) is 24.4. The third-order valence-electron chi connectivity index (χ3n) is 10.6. The second kappa shape index (κ2) is 13.6. The molecule has 0 aromatic heterocycles. The number of phenols is 1. The molecule has 2 aromatic rings. The highest BCUT2D eigenvalue weighted by Gasteiger charge is 2.54. The Hall–Kier alpha value is -3.80. The number of morpholine rings is 1. The minimum atomic E-state index is -1.95. The van der Waals surface area contributed by atoms with Crippen LogP contribution in [0.25, 0.3) is 0 Å². The molecule has 15 nitrogen and oxygen atoms in total. The van der Waals surface area contributed by atoms with Gasteiger partial charge in [-0.2, -0.15) is 5.10 Å². The van der Waals surface area contributed by atoms with Crippen LogP contribution in [0, 0.1) is 5.92 Å². The summed E-state index contributed by atoms with van der Waals surface area (Å²) in [6, 6.07) is 6.07. The number of carbonyl (C=O) groups excluding carboxylic acids is 3. The zero-order chi connectivity index (χ0) is 36.4. The number of hydrogen-bond acceptors (Lipinski definition) is 14. The molecule has 0 unspecified atom stereocenters. The Bertz CT molecular complexity index is 1780. The summed E-state index contributed by atoms with van der Waals surface area (Å²) in [6.07, 6.45) is -3.70. The number of ketones is 2. The van der Waals surface area contributed by atoms with E-state index in [-0.39, 0.29) is 64.3 Å². The fourth-order valence-electron chi connectivity index (χ4n) is 7.96. The fraction of sp³-hybridized carbons (Fsp3) is 0.556. The quantitative estimate of drug-likeness (QED) is 0.195. The number of methoxy groups -OCH3 is 2. The molecule has 15 heteroatoms. The molecule has 4 N–H and O–H groups in total. The minimum Gasteiger partial charge on any atom is -0.507 e. The van der Waals surface area contributed by atoms with Crippen LogP contribution in [0.15, 0.2) is 29.4 Å². The molecule has 0 radical (unpaired) electrons. The van der Waals surface area contributed by atoms with Crippen molar-refractivity contribution in [3.8, 4) is 11.5 Å². The van der Waals surface area contributed by atoms with Crippen LogP contribution in [-0.4, -0.2) is 120 Å². The van der Waals surface area contributed by atoms with Gasteiger partial charge < -0.3 is 43.7 Å². The van der Waals surface area contributed by atoms with Crippen molar-refractivity contribution in [3.63, 3.8) is 0 Å². The number of rotatable bonds is 8. The topological polar surface area (TPSA) is 195 Å². The number of amides is 1. The van der Waals surface area contributed by atoms with Gasteiger partial charge in [-0.15, -0.1) is 0 Å². The standard InChI is InChI=1S/C36H43N3O12/c1-16(2)33(44)38-37-25(15-40)36(45)13-21-19(11-20-28(31(21)43)29(41)18-7-6-8-23(46-4)27(18)30(20)42)24(14-36)50-26-12-22-32(17(3)49-26)51-34-35(47-5)48-10-9-39(22)34/h6-8,11,16-17,22,24,26,32,34-35,40,43,45H,9-10,12-15H2,1-5H3,(H,38,44)/b37-25+/t17-,22-,24-,26-,32+,34+,35-,36-/m0/s1. The van der Waals surface area contributed by atoms with E-state index in [4.69, 9.17) is 28.4 Å². The van der Waals surface area contributed by atoms with E-state index < -0.39 is 72.4 Å². The lowest BCUT2D eigenvalue weighted by Gasteiger charge is -2.43. The van der Waals surface area contributed by atoms with E-state index in [0.717, 1.165) is 0 Å². The number of benzene rings is 2. The van der Waals surface area contributed by atoms with Gasteiger partial charge in [-0.1, -0.05) is 26.0 Å². The highest BCUT2D eigenvalue weighted by Crippen LogP contribution is 2.49. The number of nitrogens with one attached hydrogen (secondary N) is 1. The van der Waals surface area contributed by atoms with Crippen LogP contribution in [0.3, 0.4) is 0 Å². The summed E-state index contributed by atoms with van der Waals surface area (Å²) in [7, 11) is 2.97. The van der Waals surface area contributed by atoms with E-state index in [1.807, 2.05) is 6.92 Å². The Morgan fingerprint density at radius 2 is 1.92 bits per heavy atom. The lowest BCUT2D eigenvalue weighted by molar-refractivity contribution is -0.255. The highest BCUT2D eigenvalue weighted by molar-refractivity contribution is 6.30. The van der Waals surface area contributed by atoms with E-state index in [9.17, 15) is 29.7 Å². The normalized spacial score (nSPS) is 31.8. The first kappa shape index (κ1) is 35.6. The third kappa shape index (κ3) is 5.95. The van der Waals surface area contributed by atoms with Crippen molar-refractivity contribution >= 4 is 23.2 Å². The predicted octanol–water partition coefficient (Wildman–Crippen LogP) is 1.56. The first-order valence-electron chi connectivity index (χ1n) is 17.1. The van der Waals surface area contributed by atoms with Gasteiger partial charge in [0.15, 0.2) is 30.4 Å². The zero-order valence-corrected chi connectivity index (χ0v) is 29.1. The lowest BCUT2D eigenvalue weighted by Crippen LogP contribution is -2.55. The number of fused-ring (bicyclic) bond motifs is 6. The third-order valence-corrected chi connectivity index (χ3v) is 10.6. The van der Waals surface area contributed by atoms with E-state index in [1.165, 1.54) is 19.2 Å². The molecule has 3 aliphatic heterocycles. The maximum Gasteiger partial charge on any atom is 0.242 e. The molecule has 5 aliphatic rings. The summed E-state index contributed by atoms with van der Waals surface area (Å²) in [4.78, 5) is 42.5. The summed E-state index contributed by atoms with van der Waals surface area (Å²) in [5.74, 6) is -2.23. The smallest absolute Gasteiger partial charge is 0.242 e. The fourth-order valence-corrected chi connectivity index (χ4v) is 7.96. The molecule has 0 spiro atoms. The van der Waals surface area contributed by atoms with Crippen molar-refractivity contribution in [2.45, 2.75) is 88.8 Å². The number of ether oxygens (including phenoxy) is 6. The van der Waals surface area contributed by atoms with Crippen LogP contribution in [-0.2, 0) is 34.9 Å². The largest absolute Gasteiger partial charge is 0.507 e. The van der Waals surface area contributed by atoms with Gasteiger partial charge >= 0.3 is 0 Å². The maximum absolute atomic E-state index is 14.0. The van der Waals surface area contributed by atoms with Crippen molar-refractivity contribution < 1.29 is 58.1 Å². The second-order valence-electron chi connectivity index (χ2n) is 13.9. The monoisotopic (exact) mass is 709 g/mol. The van der Waals surface area contributed by atoms with E-state index in [2.05, 4.69) is 15.4 Å². The summed E-state index contributed by atoms with van der Waals surface area (Å²) in [5, 5.41) is 38.6. The summed E-state index contributed by atoms with van der Waals surface area (Å²) in [5.41, 5.74) is 0.688. The molecule has 7 rings (SSSR count). The molecule has 0 saturated carbocycles. The Morgan fingerprint density at radius 1 is 1.16 bits per heavy atom. The molecule has 2 aromatic carbocycles. The molecule has 8 atom stereocenters. The number of phenolic OH excluding ortho intramolecular Hbond substituents is 1. The van der Waals surface area contributed by atoms with E-state index in [1.54, 1.807) is 33.1 Å². The van der Waals surface area contributed by atoms with Crippen LogP contribution < -0.4 is 10.2 Å². The van der Waals surface area contributed by atoms with Gasteiger partial charge in [0.2, 0.25) is 5.91 Å². The van der Waals surface area contributed by atoms with Gasteiger partial charge in [-0.25, -0.2) is 5.43 Å². The number of nitrogens with zero attached hydrogens (tertiary/aromatic N) is 2. The zero-order valence-electron chi connectivity index (χ0n) is 29.1. The number of aliphatic hydroxyl groups is 2. The Labute approximate surface area is 294 Å². The number of carbonyl (C=O) groups is 3. The number of hydrogen-bond donors (Lipinski definition) is 4. The molecular weight excluding hydrogens is 666 g/mol. The van der Waals surface area contributed by atoms with E-state index in [0.29, 0.717) is 25.1 Å². The van der Waals surface area contributed by atoms with Crippen molar-refractivity contribution in [2.75, 3.05) is 34.0 Å². The highest BCUT2D eigenvalue weighted by atomic mass is 16.7. The van der Waals surface area contributed by atoms with Crippen LogP contribution in [0.2, 0.25) is 0 Å². The van der Waals surface area contributed by atoms with Gasteiger partial charge in [0, 0.05) is 61.6 Å². The van der Waals surface area contributed by atoms with Crippen LogP contribution in [0.5, 0.6) is 11.5 Å². The van der Waals surface area contributed by atoms with Crippen molar-refractivity contribution in [1.82, 2.24) is 10.3 Å². The Balaban J connectivity index is 1.29. The molecule has 3 heterocycles. The van der Waals surface area contributed by atoms with Gasteiger partial charge in [-0.3, -0.25) is 19.3 Å². The molecule has 0 bridgehead atoms. The van der Waals surface area contributed by atoms with Crippen molar-refractivity contribution in [3.05, 3.63) is 57.6 Å². The maximum atomic E-state index is 14.0. The Kier molecular flexibility index (Phi) is 9.52. The molecule has 3 fully saturated rings. The lowest BCUT2D eigenvalue weighted by atomic mass is 9.72. The first-order valence-corrected chi connectivity index (χ1v) is 17.1. The van der Waals surface area contributed by atoms with Crippen LogP contribution in [0.4, 0.5) is 0 Å². The van der Waals surface area contributed by atoms with Crippen molar-refractivity contribution in [1.29, 1.82) is 0 Å². The van der Waals surface area contributed by atoms with Crippen molar-refractivity contribution in [2.24, 2.45) is 11.0 Å². The number of hydrazone groups is 1. The Morgan fingerprint density at radius 3 is 2.63 bits per heavy atom. The van der Waals surface area contributed by atoms with E-state index >= 15 is 0 Å². The summed E-state index contributed by atoms with van der Waals surface area (Å²) < 4.78 is 36.0. The average molecular weight is 710 g/mol. The van der Waals surface area contributed by atoms with Crippen LogP contribution in [0.1, 0.15) is 82.7 Å². The predicted molar refractivity (Wildman–Crippen MR) is 177 cm³/mol. The van der Waals surface area contributed by atoms with Crippen LogP contribution >= 0.6 is 0 Å². The molecule has 51 heavy (non-hydrogen) atoms. The molecule has 3 saturated heterocycles. The molecule has 1 amide bonds. The summed E-state index contributed by atoms with van der Waals surface area (Å²) in [6.45, 7) is 5.55. The molecule has 2 aliphatic carbocycles. The van der Waals surface area contributed by atoms with Gasteiger partial charge in [0.1, 0.15) is 23.2 Å².